The number of rotatable bonds is 11. The summed E-state index contributed by atoms with van der Waals surface area (Å²) in [5.74, 6) is 2.08. The molecule has 6 nitrogen and oxygen atoms in total. The zero-order valence-corrected chi connectivity index (χ0v) is 19.5. The van der Waals surface area contributed by atoms with E-state index in [-0.39, 0.29) is 0 Å². The first-order chi connectivity index (χ1) is 16.0. The van der Waals surface area contributed by atoms with E-state index in [2.05, 4.69) is 6.07 Å². The van der Waals surface area contributed by atoms with Crippen LogP contribution in [0.5, 0.6) is 23.0 Å². The molecule has 33 heavy (non-hydrogen) atoms. The van der Waals surface area contributed by atoms with E-state index in [1.165, 1.54) is 0 Å². The summed E-state index contributed by atoms with van der Waals surface area (Å²) >= 11 is 0. The van der Waals surface area contributed by atoms with Crippen molar-refractivity contribution in [1.82, 2.24) is 0 Å². The zero-order valence-electron chi connectivity index (χ0n) is 19.5. The summed E-state index contributed by atoms with van der Waals surface area (Å²) in [6.45, 7) is 0. The van der Waals surface area contributed by atoms with E-state index in [1.54, 1.807) is 40.6 Å². The maximum Gasteiger partial charge on any atom is 0.335 e. The van der Waals surface area contributed by atoms with Gasteiger partial charge in [0.2, 0.25) is 0 Å². The minimum atomic E-state index is -0.919. The second kappa shape index (κ2) is 11.3. The molecule has 0 heterocycles. The molecule has 0 aliphatic rings. The third-order valence-corrected chi connectivity index (χ3v) is 5.70. The molecule has 0 amide bonds. The van der Waals surface area contributed by atoms with Crippen molar-refractivity contribution in [3.8, 4) is 23.0 Å². The molecule has 0 saturated heterocycles. The lowest BCUT2D eigenvalue weighted by atomic mass is 9.97. The van der Waals surface area contributed by atoms with Crippen molar-refractivity contribution in [1.29, 1.82) is 0 Å². The SMILES string of the molecule is COc1cc(OC)c(CCc2ccc(OC)c(OC)c2)cc1CCc1ccc(C(=O)O)cc1. The lowest BCUT2D eigenvalue weighted by molar-refractivity contribution is 0.0697. The Balaban J connectivity index is 1.77. The normalized spacial score (nSPS) is 10.5. The van der Waals surface area contributed by atoms with Crippen LogP contribution < -0.4 is 18.9 Å². The molecule has 0 saturated carbocycles. The van der Waals surface area contributed by atoms with Crippen LogP contribution in [0.2, 0.25) is 0 Å². The van der Waals surface area contributed by atoms with E-state index < -0.39 is 5.97 Å². The van der Waals surface area contributed by atoms with Gasteiger partial charge in [-0.15, -0.1) is 0 Å². The number of hydrogen-bond donors (Lipinski definition) is 1. The number of carbonyl (C=O) groups is 1. The molecule has 0 aliphatic heterocycles. The van der Waals surface area contributed by atoms with Gasteiger partial charge in [0.05, 0.1) is 34.0 Å². The summed E-state index contributed by atoms with van der Waals surface area (Å²) in [6, 6.07) is 17.0. The largest absolute Gasteiger partial charge is 0.496 e. The van der Waals surface area contributed by atoms with Crippen LogP contribution in [0.1, 0.15) is 32.6 Å². The van der Waals surface area contributed by atoms with Crippen molar-refractivity contribution >= 4 is 5.97 Å². The molecule has 0 bridgehead atoms. The van der Waals surface area contributed by atoms with Crippen molar-refractivity contribution in [3.63, 3.8) is 0 Å². The average Bonchev–Trinajstić information content (AvgIpc) is 2.85. The molecule has 0 unspecified atom stereocenters. The molecule has 3 rings (SSSR count). The highest BCUT2D eigenvalue weighted by Gasteiger charge is 2.13. The highest BCUT2D eigenvalue weighted by atomic mass is 16.5. The van der Waals surface area contributed by atoms with Gasteiger partial charge in [-0.25, -0.2) is 4.79 Å². The Morgan fingerprint density at radius 1 is 0.606 bits per heavy atom. The fourth-order valence-corrected chi connectivity index (χ4v) is 3.84. The fourth-order valence-electron chi connectivity index (χ4n) is 3.84. The topological polar surface area (TPSA) is 74.2 Å². The van der Waals surface area contributed by atoms with Gasteiger partial charge in [-0.2, -0.15) is 0 Å². The first-order valence-electron chi connectivity index (χ1n) is 10.8. The van der Waals surface area contributed by atoms with E-state index in [0.29, 0.717) is 17.1 Å². The van der Waals surface area contributed by atoms with Crippen LogP contribution in [0.15, 0.2) is 54.6 Å². The van der Waals surface area contributed by atoms with Crippen LogP contribution in [0, 0.1) is 0 Å². The molecular weight excluding hydrogens is 420 g/mol. The van der Waals surface area contributed by atoms with Crippen molar-refractivity contribution in [2.45, 2.75) is 25.7 Å². The first kappa shape index (κ1) is 24.0. The standard InChI is InChI=1S/C27H30O6/c1-30-23-14-9-19(15-26(23)33-4)8-13-22-16-21(24(31-2)17-25(22)32-3)12-7-18-5-10-20(11-6-18)27(28)29/h5-6,9-11,14-17H,7-8,12-13H2,1-4H3,(H,28,29). The monoisotopic (exact) mass is 450 g/mol. The third kappa shape index (κ3) is 5.98. The number of carboxylic acid groups (broad SMARTS) is 1. The molecule has 6 heteroatoms. The summed E-state index contributed by atoms with van der Waals surface area (Å²) in [4.78, 5) is 11.1. The Morgan fingerprint density at radius 3 is 1.64 bits per heavy atom. The predicted molar refractivity (Wildman–Crippen MR) is 127 cm³/mol. The van der Waals surface area contributed by atoms with E-state index in [1.807, 2.05) is 36.4 Å². The van der Waals surface area contributed by atoms with E-state index in [0.717, 1.165) is 59.4 Å². The Labute approximate surface area is 194 Å². The molecule has 3 aromatic carbocycles. The van der Waals surface area contributed by atoms with E-state index in [9.17, 15) is 4.79 Å². The maximum absolute atomic E-state index is 11.1. The van der Waals surface area contributed by atoms with Crippen LogP contribution in [-0.4, -0.2) is 39.5 Å². The Morgan fingerprint density at radius 2 is 1.12 bits per heavy atom. The summed E-state index contributed by atoms with van der Waals surface area (Å²) < 4.78 is 22.0. The second-order valence-electron chi connectivity index (χ2n) is 7.67. The average molecular weight is 451 g/mol. The molecule has 174 valence electrons. The summed E-state index contributed by atoms with van der Waals surface area (Å²) in [5, 5.41) is 9.08. The Hall–Kier alpha value is -3.67. The van der Waals surface area contributed by atoms with Gasteiger partial charge in [0, 0.05) is 6.07 Å². The molecule has 0 atom stereocenters. The molecule has 0 spiro atoms. The smallest absolute Gasteiger partial charge is 0.335 e. The third-order valence-electron chi connectivity index (χ3n) is 5.70. The molecule has 0 fully saturated rings. The van der Waals surface area contributed by atoms with Gasteiger partial charge in [-0.05, 0) is 78.3 Å². The minimum Gasteiger partial charge on any atom is -0.496 e. The van der Waals surface area contributed by atoms with Gasteiger partial charge < -0.3 is 24.1 Å². The van der Waals surface area contributed by atoms with Crippen molar-refractivity contribution in [2.75, 3.05) is 28.4 Å². The molecule has 0 aromatic heterocycles. The highest BCUT2D eigenvalue weighted by Crippen LogP contribution is 2.32. The first-order valence-corrected chi connectivity index (χ1v) is 10.8. The summed E-state index contributed by atoms with van der Waals surface area (Å²) in [7, 11) is 6.58. The van der Waals surface area contributed by atoms with Crippen LogP contribution in [0.3, 0.4) is 0 Å². The van der Waals surface area contributed by atoms with E-state index in [4.69, 9.17) is 24.1 Å². The van der Waals surface area contributed by atoms with Crippen LogP contribution >= 0.6 is 0 Å². The quantitative estimate of drug-likeness (QED) is 0.444. The van der Waals surface area contributed by atoms with Crippen LogP contribution in [-0.2, 0) is 25.7 Å². The second-order valence-corrected chi connectivity index (χ2v) is 7.67. The predicted octanol–water partition coefficient (Wildman–Crippen LogP) is 4.99. The van der Waals surface area contributed by atoms with Gasteiger partial charge in [-0.3, -0.25) is 0 Å². The van der Waals surface area contributed by atoms with Gasteiger partial charge in [-0.1, -0.05) is 18.2 Å². The Bertz CT molecular complexity index is 1090. The van der Waals surface area contributed by atoms with E-state index >= 15 is 0 Å². The number of benzene rings is 3. The lowest BCUT2D eigenvalue weighted by Crippen LogP contribution is -2.02. The Kier molecular flexibility index (Phi) is 8.19. The number of carboxylic acids is 1. The molecule has 3 aromatic rings. The van der Waals surface area contributed by atoms with Crippen molar-refractivity contribution in [3.05, 3.63) is 82.4 Å². The molecular formula is C27H30O6. The molecule has 0 radical (unpaired) electrons. The number of aromatic carboxylic acids is 1. The van der Waals surface area contributed by atoms with Gasteiger partial charge >= 0.3 is 5.97 Å². The number of hydrogen-bond acceptors (Lipinski definition) is 5. The summed E-state index contributed by atoms with van der Waals surface area (Å²) in [6.07, 6.45) is 3.16. The highest BCUT2D eigenvalue weighted by molar-refractivity contribution is 5.87. The van der Waals surface area contributed by atoms with Crippen LogP contribution in [0.4, 0.5) is 0 Å². The fraction of sp³-hybridized carbons (Fsp3) is 0.296. The van der Waals surface area contributed by atoms with Crippen molar-refractivity contribution < 1.29 is 28.8 Å². The zero-order chi connectivity index (χ0) is 23.8. The van der Waals surface area contributed by atoms with Gasteiger partial charge in [0.1, 0.15) is 11.5 Å². The van der Waals surface area contributed by atoms with Gasteiger partial charge in [0.25, 0.3) is 0 Å². The summed E-state index contributed by atoms with van der Waals surface area (Å²) in [5.41, 5.74) is 4.70. The number of methoxy groups -OCH3 is 4. The number of ether oxygens (including phenoxy) is 4. The van der Waals surface area contributed by atoms with Gasteiger partial charge in [0.15, 0.2) is 11.5 Å². The molecule has 0 aliphatic carbocycles. The number of aryl methyl sites for hydroxylation is 4. The van der Waals surface area contributed by atoms with Crippen molar-refractivity contribution in [2.24, 2.45) is 0 Å². The minimum absolute atomic E-state index is 0.290. The maximum atomic E-state index is 11.1. The van der Waals surface area contributed by atoms with Crippen LogP contribution in [0.25, 0.3) is 0 Å². The molecule has 1 N–H and O–H groups in total. The lowest BCUT2D eigenvalue weighted by Gasteiger charge is -2.16.